The number of nitrogens with one attached hydrogen (secondary N) is 3. The summed E-state index contributed by atoms with van der Waals surface area (Å²) in [5.41, 5.74) is 6.87. The van der Waals surface area contributed by atoms with E-state index in [9.17, 15) is 14.4 Å². The van der Waals surface area contributed by atoms with Gasteiger partial charge in [-0.05, 0) is 124 Å². The van der Waals surface area contributed by atoms with E-state index < -0.39 is 0 Å². The molecular weight excluding hydrogens is 564 g/mol. The van der Waals surface area contributed by atoms with Crippen LogP contribution in [0, 0.1) is 32.6 Å². The Morgan fingerprint density at radius 3 is 2.24 bits per heavy atom. The molecule has 0 saturated heterocycles. The summed E-state index contributed by atoms with van der Waals surface area (Å²) in [5.74, 6) is 1.02. The average molecular weight is 615 g/mol. The predicted octanol–water partition coefficient (Wildman–Crippen LogP) is 6.05. The van der Waals surface area contributed by atoms with Crippen molar-refractivity contribution in [1.82, 2.24) is 15.6 Å². The lowest BCUT2D eigenvalue weighted by Crippen LogP contribution is -2.39. The second kappa shape index (κ2) is 15.4. The van der Waals surface area contributed by atoms with Crippen LogP contribution in [-0.2, 0) is 6.54 Å². The maximum absolute atomic E-state index is 13.8. The molecular formula is C37H50N4O4. The van der Waals surface area contributed by atoms with E-state index in [2.05, 4.69) is 47.4 Å². The summed E-state index contributed by atoms with van der Waals surface area (Å²) in [4.78, 5) is 44.3. The van der Waals surface area contributed by atoms with E-state index in [0.717, 1.165) is 58.9 Å². The smallest absolute Gasteiger partial charge is 0.253 e. The lowest BCUT2D eigenvalue weighted by Gasteiger charge is -2.40. The van der Waals surface area contributed by atoms with Gasteiger partial charge in [-0.15, -0.1) is 0 Å². The molecule has 1 saturated carbocycles. The van der Waals surface area contributed by atoms with Gasteiger partial charge in [0.1, 0.15) is 0 Å². The van der Waals surface area contributed by atoms with Crippen molar-refractivity contribution in [1.29, 1.82) is 0 Å². The van der Waals surface area contributed by atoms with Crippen molar-refractivity contribution >= 4 is 17.5 Å². The number of amides is 2. The van der Waals surface area contributed by atoms with E-state index >= 15 is 0 Å². The highest BCUT2D eigenvalue weighted by Crippen LogP contribution is 2.37. The molecule has 1 aromatic heterocycles. The quantitative estimate of drug-likeness (QED) is 0.186. The molecule has 0 atom stereocenters. The number of rotatable bonds is 12. The number of aryl methyl sites for hydroxylation is 2. The number of pyridine rings is 1. The first-order valence-electron chi connectivity index (χ1n) is 16.4. The second-order valence-electron chi connectivity index (χ2n) is 12.8. The minimum Gasteiger partial charge on any atom is -0.396 e. The zero-order valence-corrected chi connectivity index (χ0v) is 27.8. The van der Waals surface area contributed by atoms with Gasteiger partial charge in [-0.2, -0.15) is 0 Å². The van der Waals surface area contributed by atoms with Gasteiger partial charge < -0.3 is 25.6 Å². The number of hydrogen-bond acceptors (Lipinski definition) is 5. The third-order valence-electron chi connectivity index (χ3n) is 9.42. The highest BCUT2D eigenvalue weighted by Gasteiger charge is 2.29. The zero-order valence-electron chi connectivity index (χ0n) is 27.8. The summed E-state index contributed by atoms with van der Waals surface area (Å²) in [6, 6.07) is 13.8. The summed E-state index contributed by atoms with van der Waals surface area (Å²) in [5, 5.41) is 14.9. The molecule has 0 aliphatic heterocycles. The average Bonchev–Trinajstić information content (AvgIpc) is 3.02. The van der Waals surface area contributed by atoms with Crippen molar-refractivity contribution in [3.05, 3.63) is 86.3 Å². The number of aliphatic hydroxyl groups excluding tert-OH is 1. The van der Waals surface area contributed by atoms with Gasteiger partial charge in [0.15, 0.2) is 0 Å². The van der Waals surface area contributed by atoms with E-state index in [1.54, 1.807) is 12.1 Å². The number of aromatic amines is 1. The molecule has 1 aliphatic carbocycles. The summed E-state index contributed by atoms with van der Waals surface area (Å²) in [6.45, 7) is 14.0. The monoisotopic (exact) mass is 614 g/mol. The van der Waals surface area contributed by atoms with E-state index in [-0.39, 0.29) is 30.5 Å². The molecule has 1 aliphatic rings. The number of benzene rings is 2. The highest BCUT2D eigenvalue weighted by atomic mass is 16.3. The molecule has 2 aromatic carbocycles. The van der Waals surface area contributed by atoms with Crippen LogP contribution in [0.3, 0.4) is 0 Å². The molecule has 0 spiro atoms. The molecule has 45 heavy (non-hydrogen) atoms. The standard InChI is InChI=1S/C37H50N4O4/c1-7-41(31-15-13-27(14-16-31)23(2)3)34-21-30(28-9-11-29(12-10-28)35(43)38-17-8-18-42)20-32(26(34)6)36(44)39-22-33-24(4)19-25(5)40-37(33)45/h9-12,19-21,23,27,31,42H,7-8,13-18,22H2,1-6H3,(H,38,43)(H,39,44)(H,40,45)/t27-,31-. The minimum absolute atomic E-state index is 0.0277. The largest absolute Gasteiger partial charge is 0.396 e. The summed E-state index contributed by atoms with van der Waals surface area (Å²) >= 11 is 0. The molecule has 0 unspecified atom stereocenters. The lowest BCUT2D eigenvalue weighted by molar-refractivity contribution is 0.0942. The third-order valence-corrected chi connectivity index (χ3v) is 9.42. The van der Waals surface area contributed by atoms with Crippen LogP contribution < -0.4 is 21.1 Å². The van der Waals surface area contributed by atoms with E-state index in [4.69, 9.17) is 5.11 Å². The van der Waals surface area contributed by atoms with Crippen molar-refractivity contribution < 1.29 is 14.7 Å². The van der Waals surface area contributed by atoms with Crippen LogP contribution in [0.25, 0.3) is 11.1 Å². The summed E-state index contributed by atoms with van der Waals surface area (Å²) < 4.78 is 0. The Kier molecular flexibility index (Phi) is 11.6. The fourth-order valence-corrected chi connectivity index (χ4v) is 6.67. The summed E-state index contributed by atoms with van der Waals surface area (Å²) in [7, 11) is 0. The number of carbonyl (C=O) groups excluding carboxylic acids is 2. The first kappa shape index (κ1) is 34.0. The Labute approximate surface area is 267 Å². The Morgan fingerprint density at radius 1 is 0.956 bits per heavy atom. The fourth-order valence-electron chi connectivity index (χ4n) is 6.67. The van der Waals surface area contributed by atoms with Gasteiger partial charge in [0.05, 0.1) is 0 Å². The highest BCUT2D eigenvalue weighted by molar-refractivity contribution is 5.99. The third kappa shape index (κ3) is 8.23. The van der Waals surface area contributed by atoms with Crippen molar-refractivity contribution in [3.8, 4) is 11.1 Å². The van der Waals surface area contributed by atoms with Crippen molar-refractivity contribution in [3.63, 3.8) is 0 Å². The Balaban J connectivity index is 1.69. The Bertz CT molecular complexity index is 1540. The minimum atomic E-state index is -0.227. The molecule has 3 aromatic rings. The number of H-pyrrole nitrogens is 1. The molecule has 8 nitrogen and oxygen atoms in total. The van der Waals surface area contributed by atoms with Crippen LogP contribution in [0.4, 0.5) is 5.69 Å². The molecule has 242 valence electrons. The number of aromatic nitrogens is 1. The van der Waals surface area contributed by atoms with E-state index in [1.165, 1.54) is 12.8 Å². The van der Waals surface area contributed by atoms with Crippen molar-refractivity contribution in [2.75, 3.05) is 24.6 Å². The zero-order chi connectivity index (χ0) is 32.7. The van der Waals surface area contributed by atoms with Crippen LogP contribution in [0.5, 0.6) is 0 Å². The van der Waals surface area contributed by atoms with Crippen molar-refractivity contribution in [2.45, 2.75) is 86.2 Å². The van der Waals surface area contributed by atoms with Gasteiger partial charge in [0.2, 0.25) is 0 Å². The molecule has 2 amide bonds. The molecule has 4 rings (SSSR count). The normalized spacial score (nSPS) is 16.4. The lowest BCUT2D eigenvalue weighted by atomic mass is 9.79. The number of carbonyl (C=O) groups is 2. The van der Waals surface area contributed by atoms with Gasteiger partial charge in [-0.25, -0.2) is 0 Å². The number of nitrogens with zero attached hydrogens (tertiary/aromatic N) is 1. The van der Waals surface area contributed by atoms with Crippen molar-refractivity contribution in [2.24, 2.45) is 11.8 Å². The topological polar surface area (TPSA) is 115 Å². The van der Waals surface area contributed by atoms with Gasteiger partial charge in [0, 0.05) is 60.4 Å². The Morgan fingerprint density at radius 2 is 1.64 bits per heavy atom. The number of hydrogen-bond donors (Lipinski definition) is 4. The Hall–Kier alpha value is -3.91. The predicted molar refractivity (Wildman–Crippen MR) is 182 cm³/mol. The maximum Gasteiger partial charge on any atom is 0.253 e. The van der Waals surface area contributed by atoms with Crippen LogP contribution in [-0.4, -0.2) is 47.6 Å². The first-order chi connectivity index (χ1) is 21.5. The van der Waals surface area contributed by atoms with E-state index in [1.807, 2.05) is 45.0 Å². The molecule has 8 heteroatoms. The molecule has 0 radical (unpaired) electrons. The molecule has 0 bridgehead atoms. The fraction of sp³-hybridized carbons (Fsp3) is 0.486. The summed E-state index contributed by atoms with van der Waals surface area (Å²) in [6.07, 6.45) is 5.16. The van der Waals surface area contributed by atoms with Crippen LogP contribution in [0.15, 0.2) is 47.3 Å². The second-order valence-corrected chi connectivity index (χ2v) is 12.8. The SMILES string of the molecule is CCN(c1cc(-c2ccc(C(=O)NCCCO)cc2)cc(C(=O)NCc2c(C)cc(C)[nH]c2=O)c1C)[C@H]1CC[C@H](C(C)C)CC1. The van der Waals surface area contributed by atoms with Crippen LogP contribution in [0.1, 0.15) is 96.0 Å². The van der Waals surface area contributed by atoms with Gasteiger partial charge in [-0.3, -0.25) is 14.4 Å². The van der Waals surface area contributed by atoms with Gasteiger partial charge >= 0.3 is 0 Å². The molecule has 4 N–H and O–H groups in total. The first-order valence-corrected chi connectivity index (χ1v) is 16.4. The molecule has 1 heterocycles. The van der Waals surface area contributed by atoms with Gasteiger partial charge in [-0.1, -0.05) is 26.0 Å². The number of anilines is 1. The number of aliphatic hydroxyl groups is 1. The van der Waals surface area contributed by atoms with E-state index in [0.29, 0.717) is 41.6 Å². The van der Waals surface area contributed by atoms with Crippen LogP contribution in [0.2, 0.25) is 0 Å². The van der Waals surface area contributed by atoms with Crippen LogP contribution >= 0.6 is 0 Å². The van der Waals surface area contributed by atoms with Gasteiger partial charge in [0.25, 0.3) is 17.4 Å². The maximum atomic E-state index is 13.8. The molecule has 1 fully saturated rings.